The molecule has 162 valence electrons. The molecule has 1 saturated heterocycles. The lowest BCUT2D eigenvalue weighted by Gasteiger charge is -2.32. The second kappa shape index (κ2) is 10.2. The van der Waals surface area contributed by atoms with Crippen LogP contribution in [0.25, 0.3) is 0 Å². The summed E-state index contributed by atoms with van der Waals surface area (Å²) in [6.45, 7) is 7.17. The summed E-state index contributed by atoms with van der Waals surface area (Å²) in [4.78, 5) is 15.3. The van der Waals surface area contributed by atoms with Gasteiger partial charge < -0.3 is 10.2 Å². The molecule has 0 saturated carbocycles. The Hall–Kier alpha value is -2.22. The highest BCUT2D eigenvalue weighted by molar-refractivity contribution is 7.89. The van der Waals surface area contributed by atoms with Crippen molar-refractivity contribution in [3.05, 3.63) is 65.2 Å². The Kier molecular flexibility index (Phi) is 7.64. The van der Waals surface area contributed by atoms with E-state index in [0.29, 0.717) is 11.1 Å². The molecule has 30 heavy (non-hydrogen) atoms. The molecule has 1 heterocycles. The molecule has 2 aromatic carbocycles. The van der Waals surface area contributed by atoms with Gasteiger partial charge in [-0.2, -0.15) is 0 Å². The van der Waals surface area contributed by atoms with Crippen molar-refractivity contribution in [2.75, 3.05) is 19.6 Å². The Morgan fingerprint density at radius 1 is 1.10 bits per heavy atom. The number of benzene rings is 2. The number of amides is 1. The maximum Gasteiger partial charge on any atom is 0.251 e. The van der Waals surface area contributed by atoms with Crippen LogP contribution >= 0.6 is 0 Å². The number of hydrogen-bond acceptors (Lipinski definition) is 4. The fourth-order valence-electron chi connectivity index (χ4n) is 3.77. The van der Waals surface area contributed by atoms with Crippen molar-refractivity contribution in [1.29, 1.82) is 0 Å². The van der Waals surface area contributed by atoms with Crippen LogP contribution in [-0.2, 0) is 16.6 Å². The molecule has 2 N–H and O–H groups in total. The average molecular weight is 430 g/mol. The highest BCUT2D eigenvalue weighted by Gasteiger charge is 2.23. The zero-order valence-corrected chi connectivity index (χ0v) is 18.5. The summed E-state index contributed by atoms with van der Waals surface area (Å²) in [7, 11) is -3.73. The second-order valence-corrected chi connectivity index (χ2v) is 9.62. The molecule has 3 rings (SSSR count). The average Bonchev–Trinajstić information content (AvgIpc) is 2.75. The first-order valence-corrected chi connectivity index (χ1v) is 12.0. The molecule has 0 bridgehead atoms. The van der Waals surface area contributed by atoms with E-state index in [-0.39, 0.29) is 23.4 Å². The number of nitrogens with zero attached hydrogens (tertiary/aromatic N) is 1. The fraction of sp³-hybridized carbons (Fsp3) is 0.435. The summed E-state index contributed by atoms with van der Waals surface area (Å²) in [5.41, 5.74) is 1.86. The number of piperidine rings is 1. The molecule has 1 aliphatic rings. The number of nitrogens with one attached hydrogen (secondary N) is 2. The van der Waals surface area contributed by atoms with E-state index in [0.717, 1.165) is 44.5 Å². The number of carbonyl (C=O) groups excluding carboxylic acids is 1. The molecule has 0 radical (unpaired) electrons. The van der Waals surface area contributed by atoms with E-state index in [4.69, 9.17) is 0 Å². The quantitative estimate of drug-likeness (QED) is 0.676. The Morgan fingerprint density at radius 2 is 1.80 bits per heavy atom. The number of rotatable bonds is 8. The van der Waals surface area contributed by atoms with E-state index in [1.54, 1.807) is 19.1 Å². The number of sulfonamides is 1. The zero-order valence-electron chi connectivity index (χ0n) is 17.7. The molecular weight excluding hydrogens is 398 g/mol. The van der Waals surface area contributed by atoms with Gasteiger partial charge in [0.25, 0.3) is 5.91 Å². The summed E-state index contributed by atoms with van der Waals surface area (Å²) in [5, 5.41) is 3.07. The van der Waals surface area contributed by atoms with Crippen molar-refractivity contribution in [1.82, 2.24) is 14.9 Å². The van der Waals surface area contributed by atoms with Gasteiger partial charge in [0.1, 0.15) is 0 Å². The predicted molar refractivity (Wildman–Crippen MR) is 119 cm³/mol. The fourth-order valence-corrected chi connectivity index (χ4v) is 5.05. The third-order valence-corrected chi connectivity index (χ3v) is 7.05. The van der Waals surface area contributed by atoms with Crippen LogP contribution in [0.5, 0.6) is 0 Å². The Bertz CT molecular complexity index is 953. The lowest BCUT2D eigenvalue weighted by molar-refractivity contribution is 0.0911. The topological polar surface area (TPSA) is 78.5 Å². The molecule has 0 aliphatic carbocycles. The van der Waals surface area contributed by atoms with Crippen LogP contribution < -0.4 is 10.0 Å². The maximum atomic E-state index is 12.8. The Balaban J connectivity index is 1.66. The van der Waals surface area contributed by atoms with Gasteiger partial charge in [0.2, 0.25) is 10.0 Å². The van der Waals surface area contributed by atoms with Crippen LogP contribution in [0.4, 0.5) is 0 Å². The Labute approximate surface area is 179 Å². The number of carbonyl (C=O) groups is 1. The smallest absolute Gasteiger partial charge is 0.251 e. The summed E-state index contributed by atoms with van der Waals surface area (Å²) in [6.07, 6.45) is 2.97. The van der Waals surface area contributed by atoms with Gasteiger partial charge >= 0.3 is 0 Å². The van der Waals surface area contributed by atoms with Crippen molar-refractivity contribution in [3.63, 3.8) is 0 Å². The zero-order chi connectivity index (χ0) is 21.6. The van der Waals surface area contributed by atoms with E-state index in [1.807, 2.05) is 30.3 Å². The highest BCUT2D eigenvalue weighted by atomic mass is 32.2. The van der Waals surface area contributed by atoms with Crippen LogP contribution in [0.15, 0.2) is 53.4 Å². The van der Waals surface area contributed by atoms with Gasteiger partial charge in [-0.3, -0.25) is 4.79 Å². The minimum absolute atomic E-state index is 0.128. The second-order valence-electron chi connectivity index (χ2n) is 7.88. The molecule has 0 aromatic heterocycles. The molecule has 2 aromatic rings. The van der Waals surface area contributed by atoms with Crippen LogP contribution in [0.2, 0.25) is 0 Å². The lowest BCUT2D eigenvalue weighted by atomic mass is 10.0. The van der Waals surface area contributed by atoms with Crippen molar-refractivity contribution >= 4 is 15.9 Å². The summed E-state index contributed by atoms with van der Waals surface area (Å²) >= 11 is 0. The molecule has 6 nitrogen and oxygen atoms in total. The lowest BCUT2D eigenvalue weighted by Crippen LogP contribution is -2.44. The van der Waals surface area contributed by atoms with Gasteiger partial charge in [0.15, 0.2) is 0 Å². The van der Waals surface area contributed by atoms with E-state index in [2.05, 4.69) is 21.9 Å². The molecule has 1 fully saturated rings. The Morgan fingerprint density at radius 3 is 2.47 bits per heavy atom. The predicted octanol–water partition coefficient (Wildman–Crippen LogP) is 3.08. The summed E-state index contributed by atoms with van der Waals surface area (Å²) in [6, 6.07) is 14.3. The van der Waals surface area contributed by atoms with Crippen molar-refractivity contribution in [2.45, 2.75) is 50.6 Å². The van der Waals surface area contributed by atoms with Gasteiger partial charge in [0.05, 0.1) is 4.90 Å². The summed E-state index contributed by atoms with van der Waals surface area (Å²) in [5.74, 6) is -0.219. The van der Waals surface area contributed by atoms with Gasteiger partial charge in [0, 0.05) is 31.2 Å². The summed E-state index contributed by atoms with van der Waals surface area (Å²) < 4.78 is 28.3. The van der Waals surface area contributed by atoms with E-state index in [1.165, 1.54) is 6.07 Å². The largest absolute Gasteiger partial charge is 0.349 e. The molecule has 1 amide bonds. The third kappa shape index (κ3) is 5.90. The van der Waals surface area contributed by atoms with Crippen LogP contribution in [0.1, 0.15) is 47.7 Å². The van der Waals surface area contributed by atoms with Gasteiger partial charge in [-0.05, 0) is 56.0 Å². The highest BCUT2D eigenvalue weighted by Crippen LogP contribution is 2.19. The minimum Gasteiger partial charge on any atom is -0.349 e. The van der Waals surface area contributed by atoms with Crippen LogP contribution in [-0.4, -0.2) is 44.9 Å². The van der Waals surface area contributed by atoms with Crippen LogP contribution in [0.3, 0.4) is 0 Å². The first-order valence-electron chi connectivity index (χ1n) is 10.6. The molecule has 7 heteroatoms. The van der Waals surface area contributed by atoms with Crippen LogP contribution in [0, 0.1) is 6.92 Å². The van der Waals surface area contributed by atoms with E-state index >= 15 is 0 Å². The first-order chi connectivity index (χ1) is 14.4. The number of aryl methyl sites for hydroxylation is 1. The van der Waals surface area contributed by atoms with E-state index < -0.39 is 10.0 Å². The van der Waals surface area contributed by atoms with Crippen molar-refractivity contribution < 1.29 is 13.2 Å². The van der Waals surface area contributed by atoms with Crippen molar-refractivity contribution in [2.24, 2.45) is 0 Å². The maximum absolute atomic E-state index is 12.8. The first kappa shape index (κ1) is 22.5. The van der Waals surface area contributed by atoms with Gasteiger partial charge in [-0.15, -0.1) is 0 Å². The van der Waals surface area contributed by atoms with Crippen molar-refractivity contribution in [3.8, 4) is 0 Å². The SMILES string of the molecule is CCCN1CCC(NC(=O)c2ccc(C)c(S(=O)(=O)NCc3ccccc3)c2)CC1. The third-order valence-electron chi connectivity index (χ3n) is 5.51. The molecule has 0 atom stereocenters. The van der Waals surface area contributed by atoms with Gasteiger partial charge in [-0.25, -0.2) is 13.1 Å². The molecule has 0 unspecified atom stereocenters. The standard InChI is InChI=1S/C23H31N3O3S/c1-3-13-26-14-11-21(12-15-26)25-23(27)20-10-9-18(2)22(16-20)30(28,29)24-17-19-7-5-4-6-8-19/h4-10,16,21,24H,3,11-15,17H2,1-2H3,(H,25,27). The normalized spacial score (nSPS) is 15.8. The number of likely N-dealkylation sites (tertiary alicyclic amines) is 1. The number of hydrogen-bond donors (Lipinski definition) is 2. The molecular formula is C23H31N3O3S. The molecule has 1 aliphatic heterocycles. The molecule has 0 spiro atoms. The monoisotopic (exact) mass is 429 g/mol. The van der Waals surface area contributed by atoms with E-state index in [9.17, 15) is 13.2 Å². The minimum atomic E-state index is -3.73. The van der Waals surface area contributed by atoms with Gasteiger partial charge in [-0.1, -0.05) is 43.3 Å².